The van der Waals surface area contributed by atoms with Crippen LogP contribution in [0.3, 0.4) is 0 Å². The smallest absolute Gasteiger partial charge is 0.298 e. The van der Waals surface area contributed by atoms with Gasteiger partial charge in [0.2, 0.25) is 0 Å². The SMILES string of the molecule is COc1cc2c(cc1S(=O)(=O)O)C(=O)c1c([nH]c3cc(C#N)ccc13)C2(C)C. The van der Waals surface area contributed by atoms with Gasteiger partial charge in [-0.15, -0.1) is 0 Å². The number of carbonyl (C=O) groups excluding carboxylic acids is 1. The average Bonchev–Trinajstić information content (AvgIpc) is 3.04. The molecular formula is C20H16N2O5S. The first-order chi connectivity index (χ1) is 13.1. The monoisotopic (exact) mass is 396 g/mol. The van der Waals surface area contributed by atoms with Gasteiger partial charge in [0.1, 0.15) is 10.6 Å². The van der Waals surface area contributed by atoms with E-state index in [0.29, 0.717) is 33.3 Å². The number of nitrogens with zero attached hydrogens (tertiary/aromatic N) is 1. The van der Waals surface area contributed by atoms with Gasteiger partial charge in [-0.25, -0.2) is 0 Å². The lowest BCUT2D eigenvalue weighted by molar-refractivity contribution is 0.103. The zero-order chi connectivity index (χ0) is 20.4. The molecule has 1 aliphatic carbocycles. The maximum Gasteiger partial charge on any atom is 0.298 e. The lowest BCUT2D eigenvalue weighted by Gasteiger charge is -2.32. The van der Waals surface area contributed by atoms with Crippen LogP contribution in [-0.4, -0.2) is 30.8 Å². The van der Waals surface area contributed by atoms with Crippen LogP contribution in [0.15, 0.2) is 35.2 Å². The van der Waals surface area contributed by atoms with Crippen LogP contribution in [0, 0.1) is 11.3 Å². The molecule has 8 heteroatoms. The number of fused-ring (bicyclic) bond motifs is 4. The van der Waals surface area contributed by atoms with Gasteiger partial charge in [0.25, 0.3) is 10.1 Å². The van der Waals surface area contributed by atoms with Crippen molar-refractivity contribution in [2.75, 3.05) is 7.11 Å². The minimum atomic E-state index is -4.58. The Morgan fingerprint density at radius 2 is 1.93 bits per heavy atom. The third-order valence-corrected chi connectivity index (χ3v) is 6.15. The molecule has 0 saturated carbocycles. The first-order valence-electron chi connectivity index (χ1n) is 8.40. The predicted octanol–water partition coefficient (Wildman–Crippen LogP) is 3.17. The molecule has 0 radical (unpaired) electrons. The number of hydrogen-bond acceptors (Lipinski definition) is 5. The van der Waals surface area contributed by atoms with Crippen molar-refractivity contribution in [1.29, 1.82) is 5.26 Å². The lowest BCUT2D eigenvalue weighted by Crippen LogP contribution is -2.30. The summed E-state index contributed by atoms with van der Waals surface area (Å²) < 4.78 is 38.2. The van der Waals surface area contributed by atoms with Crippen LogP contribution in [0.25, 0.3) is 10.9 Å². The largest absolute Gasteiger partial charge is 0.495 e. The molecule has 1 aliphatic rings. The second-order valence-electron chi connectivity index (χ2n) is 7.23. The quantitative estimate of drug-likeness (QED) is 0.642. The maximum absolute atomic E-state index is 13.3. The van der Waals surface area contributed by atoms with Gasteiger partial charge in [-0.05, 0) is 29.8 Å². The minimum absolute atomic E-state index is 0.0338. The summed E-state index contributed by atoms with van der Waals surface area (Å²) in [4.78, 5) is 16.1. The van der Waals surface area contributed by atoms with Crippen LogP contribution in [0.4, 0.5) is 0 Å². The number of H-pyrrole nitrogens is 1. The van der Waals surface area contributed by atoms with E-state index in [2.05, 4.69) is 11.1 Å². The molecule has 0 atom stereocenters. The fraction of sp³-hybridized carbons (Fsp3) is 0.200. The van der Waals surface area contributed by atoms with Crippen molar-refractivity contribution in [2.45, 2.75) is 24.2 Å². The van der Waals surface area contributed by atoms with Crippen LogP contribution in [-0.2, 0) is 15.5 Å². The Balaban J connectivity index is 2.08. The van der Waals surface area contributed by atoms with Crippen molar-refractivity contribution in [1.82, 2.24) is 4.98 Å². The molecule has 0 fully saturated rings. The highest BCUT2D eigenvalue weighted by atomic mass is 32.2. The summed E-state index contributed by atoms with van der Waals surface area (Å²) in [5.74, 6) is -0.388. The van der Waals surface area contributed by atoms with Crippen LogP contribution in [0.2, 0.25) is 0 Å². The summed E-state index contributed by atoms with van der Waals surface area (Å²) in [5.41, 5.74) is 2.33. The number of aromatic amines is 1. The zero-order valence-electron chi connectivity index (χ0n) is 15.3. The van der Waals surface area contributed by atoms with E-state index in [9.17, 15) is 17.8 Å². The van der Waals surface area contributed by atoms with Crippen LogP contribution < -0.4 is 4.74 Å². The fourth-order valence-electron chi connectivity index (χ4n) is 3.87. The number of benzene rings is 2. The molecule has 2 aromatic carbocycles. The molecule has 1 aromatic heterocycles. The molecule has 0 aliphatic heterocycles. The number of rotatable bonds is 2. The molecule has 2 N–H and O–H groups in total. The number of ketones is 1. The second kappa shape index (κ2) is 5.67. The van der Waals surface area contributed by atoms with Crippen molar-refractivity contribution < 1.29 is 22.5 Å². The summed E-state index contributed by atoms with van der Waals surface area (Å²) in [7, 11) is -3.28. The fourth-order valence-corrected chi connectivity index (χ4v) is 4.53. The summed E-state index contributed by atoms with van der Waals surface area (Å²) in [6, 6.07) is 9.72. The van der Waals surface area contributed by atoms with Crippen LogP contribution in [0.1, 0.15) is 46.6 Å². The minimum Gasteiger partial charge on any atom is -0.495 e. The Morgan fingerprint density at radius 3 is 2.54 bits per heavy atom. The van der Waals surface area contributed by atoms with Gasteiger partial charge in [0.05, 0.1) is 24.3 Å². The molecular weight excluding hydrogens is 380 g/mol. The number of hydrogen-bond donors (Lipinski definition) is 2. The summed E-state index contributed by atoms with van der Waals surface area (Å²) >= 11 is 0. The number of nitrogens with one attached hydrogen (secondary N) is 1. The van der Waals surface area contributed by atoms with Crippen LogP contribution in [0.5, 0.6) is 5.75 Å². The highest BCUT2D eigenvalue weighted by Crippen LogP contribution is 2.46. The van der Waals surface area contributed by atoms with Gasteiger partial charge >= 0.3 is 0 Å². The molecule has 7 nitrogen and oxygen atoms in total. The average molecular weight is 396 g/mol. The number of carbonyl (C=O) groups is 1. The van der Waals surface area contributed by atoms with E-state index < -0.39 is 20.4 Å². The molecule has 0 spiro atoms. The molecule has 3 aromatic rings. The Labute approximate surface area is 161 Å². The Kier molecular flexibility index (Phi) is 3.69. The third kappa shape index (κ3) is 2.37. The molecule has 142 valence electrons. The highest BCUT2D eigenvalue weighted by molar-refractivity contribution is 7.86. The summed E-state index contributed by atoms with van der Waals surface area (Å²) in [5, 5.41) is 9.79. The first kappa shape index (κ1) is 18.2. The Hall–Kier alpha value is -3.15. The van der Waals surface area contributed by atoms with Gasteiger partial charge in [-0.3, -0.25) is 9.35 Å². The van der Waals surface area contributed by atoms with E-state index in [1.165, 1.54) is 19.2 Å². The second-order valence-corrected chi connectivity index (χ2v) is 8.61. The van der Waals surface area contributed by atoms with Gasteiger partial charge in [0.15, 0.2) is 5.78 Å². The van der Waals surface area contributed by atoms with E-state index in [-0.39, 0.29) is 17.1 Å². The van der Waals surface area contributed by atoms with E-state index in [1.54, 1.807) is 18.2 Å². The predicted molar refractivity (Wildman–Crippen MR) is 101 cm³/mol. The standard InChI is InChI=1S/C20H16N2O5S/c1-20(2)13-8-15(27-3)16(28(24,25)26)7-12(13)18(23)17-11-5-4-10(9-21)6-14(11)22-19(17)20/h4-8,22H,1-3H3,(H,24,25,26). The molecule has 0 bridgehead atoms. The van der Waals surface area contributed by atoms with E-state index in [1.807, 2.05) is 13.8 Å². The molecule has 1 heterocycles. The van der Waals surface area contributed by atoms with Gasteiger partial charge in [-0.2, -0.15) is 13.7 Å². The van der Waals surface area contributed by atoms with E-state index in [0.717, 1.165) is 0 Å². The van der Waals surface area contributed by atoms with Crippen molar-refractivity contribution in [3.05, 3.63) is 58.3 Å². The van der Waals surface area contributed by atoms with Crippen molar-refractivity contribution in [3.63, 3.8) is 0 Å². The Morgan fingerprint density at radius 1 is 1.21 bits per heavy atom. The highest BCUT2D eigenvalue weighted by Gasteiger charge is 2.41. The topological polar surface area (TPSA) is 120 Å². The number of nitriles is 1. The molecule has 0 saturated heterocycles. The number of aromatic nitrogens is 1. The van der Waals surface area contributed by atoms with Gasteiger partial charge in [-0.1, -0.05) is 19.9 Å². The molecule has 4 rings (SSSR count). The molecule has 28 heavy (non-hydrogen) atoms. The summed E-state index contributed by atoms with van der Waals surface area (Å²) in [6.07, 6.45) is 0. The first-order valence-corrected chi connectivity index (χ1v) is 9.84. The number of methoxy groups -OCH3 is 1. The van der Waals surface area contributed by atoms with Gasteiger partial charge in [0, 0.05) is 27.6 Å². The van der Waals surface area contributed by atoms with E-state index in [4.69, 9.17) is 10.00 Å². The van der Waals surface area contributed by atoms with Crippen molar-refractivity contribution in [2.24, 2.45) is 0 Å². The lowest BCUT2D eigenvalue weighted by atomic mass is 9.71. The molecule has 0 unspecified atom stereocenters. The van der Waals surface area contributed by atoms with Crippen molar-refractivity contribution >= 4 is 26.8 Å². The number of ether oxygens (including phenoxy) is 1. The maximum atomic E-state index is 13.3. The zero-order valence-corrected chi connectivity index (χ0v) is 16.1. The van der Waals surface area contributed by atoms with Crippen LogP contribution >= 0.6 is 0 Å². The van der Waals surface area contributed by atoms with Crippen molar-refractivity contribution in [3.8, 4) is 11.8 Å². The summed E-state index contributed by atoms with van der Waals surface area (Å²) in [6.45, 7) is 3.81. The third-order valence-electron chi connectivity index (χ3n) is 5.28. The van der Waals surface area contributed by atoms with Gasteiger partial charge < -0.3 is 9.72 Å². The Bertz CT molecular complexity index is 1330. The van der Waals surface area contributed by atoms with E-state index >= 15 is 0 Å². The normalized spacial score (nSPS) is 15.0. The molecule has 0 amide bonds.